The number of hydrogen-bond acceptors (Lipinski definition) is 9. The van der Waals surface area contributed by atoms with Gasteiger partial charge in [0.15, 0.2) is 18.1 Å². The number of carbonyl (C=O) groups is 4. The molecule has 0 saturated carbocycles. The SMILES string of the molecule is COC(=O)c1cc(NC(=O)COC(=O)/C=C/c2cc(Cl)c(OC)c(OC)c2)cc(C(=O)OC)c1. The molecule has 2 rings (SSSR count). The van der Waals surface area contributed by atoms with E-state index in [0.717, 1.165) is 6.08 Å². The van der Waals surface area contributed by atoms with E-state index in [0.29, 0.717) is 17.1 Å². The number of carbonyl (C=O) groups excluding carboxylic acids is 4. The molecule has 0 spiro atoms. The first-order valence-electron chi connectivity index (χ1n) is 9.60. The highest BCUT2D eigenvalue weighted by molar-refractivity contribution is 6.32. The second-order valence-corrected chi connectivity index (χ2v) is 6.92. The van der Waals surface area contributed by atoms with Gasteiger partial charge >= 0.3 is 17.9 Å². The molecule has 1 N–H and O–H groups in total. The molecule has 0 atom stereocenters. The van der Waals surface area contributed by atoms with Crippen LogP contribution in [0.4, 0.5) is 5.69 Å². The fourth-order valence-corrected chi connectivity index (χ4v) is 3.05. The molecule has 0 radical (unpaired) electrons. The predicted octanol–water partition coefficient (Wildman–Crippen LogP) is 3.13. The zero-order valence-corrected chi connectivity index (χ0v) is 19.6. The molecule has 2 aromatic carbocycles. The molecule has 11 heteroatoms. The van der Waals surface area contributed by atoms with E-state index < -0.39 is 30.4 Å². The molecule has 34 heavy (non-hydrogen) atoms. The van der Waals surface area contributed by atoms with Crippen molar-refractivity contribution in [1.29, 1.82) is 0 Å². The van der Waals surface area contributed by atoms with E-state index in [1.54, 1.807) is 12.1 Å². The smallest absolute Gasteiger partial charge is 0.337 e. The lowest BCUT2D eigenvalue weighted by Gasteiger charge is -2.10. The zero-order valence-electron chi connectivity index (χ0n) is 18.8. The van der Waals surface area contributed by atoms with E-state index in [1.807, 2.05) is 0 Å². The van der Waals surface area contributed by atoms with Crippen molar-refractivity contribution in [2.45, 2.75) is 0 Å². The van der Waals surface area contributed by atoms with Gasteiger partial charge < -0.3 is 29.0 Å². The molecule has 0 heterocycles. The third-order valence-corrected chi connectivity index (χ3v) is 4.55. The highest BCUT2D eigenvalue weighted by atomic mass is 35.5. The van der Waals surface area contributed by atoms with Crippen molar-refractivity contribution in [3.8, 4) is 11.5 Å². The first-order valence-corrected chi connectivity index (χ1v) is 9.98. The highest BCUT2D eigenvalue weighted by Gasteiger charge is 2.16. The van der Waals surface area contributed by atoms with Gasteiger partial charge in [0.05, 0.1) is 44.6 Å². The van der Waals surface area contributed by atoms with Crippen LogP contribution in [0, 0.1) is 0 Å². The molecule has 0 aliphatic rings. The minimum Gasteiger partial charge on any atom is -0.493 e. The van der Waals surface area contributed by atoms with Crippen molar-refractivity contribution in [2.24, 2.45) is 0 Å². The molecule has 10 nitrogen and oxygen atoms in total. The Labute approximate surface area is 200 Å². The third kappa shape index (κ3) is 6.97. The molecular formula is C23H22ClNO9. The van der Waals surface area contributed by atoms with Crippen LogP contribution in [-0.2, 0) is 23.8 Å². The maximum atomic E-state index is 12.2. The van der Waals surface area contributed by atoms with E-state index in [-0.39, 0.29) is 21.8 Å². The fourth-order valence-electron chi connectivity index (χ4n) is 2.75. The summed E-state index contributed by atoms with van der Waals surface area (Å²) in [7, 11) is 5.25. The second kappa shape index (κ2) is 12.3. The average Bonchev–Trinajstić information content (AvgIpc) is 2.84. The Bertz CT molecular complexity index is 1090. The molecule has 1 amide bonds. The maximum Gasteiger partial charge on any atom is 0.337 e. The van der Waals surface area contributed by atoms with Gasteiger partial charge in [0.25, 0.3) is 5.91 Å². The molecule has 2 aromatic rings. The van der Waals surface area contributed by atoms with Gasteiger partial charge in [-0.1, -0.05) is 11.6 Å². The summed E-state index contributed by atoms with van der Waals surface area (Å²) < 4.78 is 24.5. The maximum absolute atomic E-state index is 12.2. The van der Waals surface area contributed by atoms with Crippen LogP contribution < -0.4 is 14.8 Å². The van der Waals surface area contributed by atoms with Crippen molar-refractivity contribution in [3.05, 3.63) is 58.1 Å². The van der Waals surface area contributed by atoms with Crippen LogP contribution in [0.25, 0.3) is 6.08 Å². The summed E-state index contributed by atoms with van der Waals surface area (Å²) in [5.41, 5.74) is 0.697. The molecule has 0 fully saturated rings. The van der Waals surface area contributed by atoms with Crippen LogP contribution in [0.3, 0.4) is 0 Å². The Morgan fingerprint density at radius 1 is 0.882 bits per heavy atom. The molecule has 0 bridgehead atoms. The number of benzene rings is 2. The second-order valence-electron chi connectivity index (χ2n) is 6.51. The quantitative estimate of drug-likeness (QED) is 0.319. The summed E-state index contributed by atoms with van der Waals surface area (Å²) >= 11 is 6.12. The minimum atomic E-state index is -0.792. The lowest BCUT2D eigenvalue weighted by atomic mass is 10.1. The first kappa shape index (κ1) is 26.2. The van der Waals surface area contributed by atoms with E-state index in [2.05, 4.69) is 14.8 Å². The van der Waals surface area contributed by atoms with Gasteiger partial charge in [-0.05, 0) is 42.0 Å². The standard InChI is InChI=1S/C23H22ClNO9/c1-30-18-8-13(7-17(24)21(18)31-2)5-6-20(27)34-12-19(26)25-16-10-14(22(28)32-3)9-15(11-16)23(29)33-4/h5-11H,12H2,1-4H3,(H,25,26)/b6-5+. The third-order valence-electron chi connectivity index (χ3n) is 4.27. The van der Waals surface area contributed by atoms with Crippen LogP contribution in [0.15, 0.2) is 36.4 Å². The van der Waals surface area contributed by atoms with Gasteiger partial charge in [-0.2, -0.15) is 0 Å². The summed E-state index contributed by atoms with van der Waals surface area (Å²) in [5, 5.41) is 2.73. The number of esters is 3. The van der Waals surface area contributed by atoms with Crippen molar-refractivity contribution in [1.82, 2.24) is 0 Å². The van der Waals surface area contributed by atoms with Crippen molar-refractivity contribution < 1.29 is 42.9 Å². The predicted molar refractivity (Wildman–Crippen MR) is 122 cm³/mol. The average molecular weight is 492 g/mol. The summed E-state index contributed by atoms with van der Waals surface area (Å²) in [6.07, 6.45) is 2.54. The molecule has 0 aliphatic heterocycles. The van der Waals surface area contributed by atoms with Crippen molar-refractivity contribution >= 4 is 47.2 Å². The van der Waals surface area contributed by atoms with Crippen LogP contribution in [-0.4, -0.2) is 58.9 Å². The monoisotopic (exact) mass is 491 g/mol. The number of ether oxygens (including phenoxy) is 5. The summed E-state index contributed by atoms with van der Waals surface area (Å²) in [5.74, 6) is -2.19. The molecule has 0 saturated heterocycles. The summed E-state index contributed by atoms with van der Waals surface area (Å²) in [6.45, 7) is -0.619. The number of halogens is 1. The number of anilines is 1. The number of rotatable bonds is 9. The highest BCUT2D eigenvalue weighted by Crippen LogP contribution is 2.36. The lowest BCUT2D eigenvalue weighted by molar-refractivity contribution is -0.142. The van der Waals surface area contributed by atoms with Gasteiger partial charge in [-0.25, -0.2) is 14.4 Å². The van der Waals surface area contributed by atoms with Gasteiger partial charge in [-0.15, -0.1) is 0 Å². The van der Waals surface area contributed by atoms with Crippen molar-refractivity contribution in [2.75, 3.05) is 40.4 Å². The topological polar surface area (TPSA) is 126 Å². The largest absolute Gasteiger partial charge is 0.493 e. The van der Waals surface area contributed by atoms with Crippen LogP contribution in [0.2, 0.25) is 5.02 Å². The Morgan fingerprint density at radius 2 is 1.50 bits per heavy atom. The van der Waals surface area contributed by atoms with Crippen LogP contribution in [0.1, 0.15) is 26.3 Å². The van der Waals surface area contributed by atoms with Gasteiger partial charge in [0.2, 0.25) is 0 Å². The Balaban J connectivity index is 2.04. The molecule has 0 aliphatic carbocycles. The van der Waals surface area contributed by atoms with E-state index in [1.165, 1.54) is 52.7 Å². The van der Waals surface area contributed by atoms with E-state index in [9.17, 15) is 19.2 Å². The molecule has 180 valence electrons. The number of nitrogens with one attached hydrogen (secondary N) is 1. The fraction of sp³-hybridized carbons (Fsp3) is 0.217. The Morgan fingerprint density at radius 3 is 2.03 bits per heavy atom. The molecule has 0 aromatic heterocycles. The van der Waals surface area contributed by atoms with Gasteiger partial charge in [0.1, 0.15) is 0 Å². The Kier molecular flexibility index (Phi) is 9.45. The van der Waals surface area contributed by atoms with Crippen LogP contribution >= 0.6 is 11.6 Å². The number of hydrogen-bond donors (Lipinski definition) is 1. The normalized spacial score (nSPS) is 10.4. The van der Waals surface area contributed by atoms with Gasteiger partial charge in [0, 0.05) is 11.8 Å². The minimum absolute atomic E-state index is 0.0224. The lowest BCUT2D eigenvalue weighted by Crippen LogP contribution is -2.20. The number of amides is 1. The Hall–Kier alpha value is -4.05. The first-order chi connectivity index (χ1) is 16.2. The van der Waals surface area contributed by atoms with E-state index in [4.69, 9.17) is 25.8 Å². The van der Waals surface area contributed by atoms with Gasteiger partial charge in [-0.3, -0.25) is 4.79 Å². The summed E-state index contributed by atoms with van der Waals surface area (Å²) in [6, 6.07) is 7.04. The zero-order chi connectivity index (χ0) is 25.3. The molecule has 0 unspecified atom stereocenters. The van der Waals surface area contributed by atoms with E-state index >= 15 is 0 Å². The van der Waals surface area contributed by atoms with Crippen molar-refractivity contribution in [3.63, 3.8) is 0 Å². The summed E-state index contributed by atoms with van der Waals surface area (Å²) in [4.78, 5) is 47.9. The molecular weight excluding hydrogens is 470 g/mol. The number of methoxy groups -OCH3 is 4. The van der Waals surface area contributed by atoms with Crippen LogP contribution in [0.5, 0.6) is 11.5 Å².